The summed E-state index contributed by atoms with van der Waals surface area (Å²) in [7, 11) is 1.62. The molecule has 0 bridgehead atoms. The molecule has 1 N–H and O–H groups in total. The van der Waals surface area contributed by atoms with Crippen molar-refractivity contribution < 1.29 is 14.6 Å². The average molecular weight is 313 g/mol. The van der Waals surface area contributed by atoms with Crippen molar-refractivity contribution in [2.75, 3.05) is 7.11 Å². The van der Waals surface area contributed by atoms with Crippen LogP contribution in [-0.2, 0) is 4.79 Å². The molecule has 1 aliphatic heterocycles. The number of carboxylic acids is 1. The van der Waals surface area contributed by atoms with E-state index in [0.29, 0.717) is 6.42 Å². The van der Waals surface area contributed by atoms with Crippen LogP contribution in [0.15, 0.2) is 58.4 Å². The lowest BCUT2D eigenvalue weighted by atomic mass is 10.0. The molecule has 112 valence electrons. The first-order chi connectivity index (χ1) is 10.7. The lowest BCUT2D eigenvalue weighted by molar-refractivity contribution is -0.136. The van der Waals surface area contributed by atoms with Crippen LogP contribution < -0.4 is 4.74 Å². The van der Waals surface area contributed by atoms with E-state index in [-0.39, 0.29) is 0 Å². The summed E-state index contributed by atoms with van der Waals surface area (Å²) in [5, 5.41) is 8.90. The van der Waals surface area contributed by atoms with Crippen LogP contribution in [0.25, 0.3) is 0 Å². The Labute approximate surface area is 132 Å². The Hall–Kier alpha value is -2.27. The fourth-order valence-electron chi connectivity index (χ4n) is 2.31. The summed E-state index contributed by atoms with van der Waals surface area (Å²) < 4.78 is 5.16. The number of methoxy groups -OCH3 is 1. The number of carboxylic acid groups (broad SMARTS) is 1. The molecule has 0 unspecified atom stereocenters. The average Bonchev–Trinajstić information content (AvgIpc) is 2.74. The fraction of sp³-hybridized carbons (Fsp3) is 0.176. The van der Waals surface area contributed by atoms with E-state index in [0.717, 1.165) is 27.6 Å². The van der Waals surface area contributed by atoms with Crippen LogP contribution in [0.3, 0.4) is 0 Å². The Morgan fingerprint density at radius 3 is 2.64 bits per heavy atom. The molecule has 0 amide bonds. The lowest BCUT2D eigenvalue weighted by Gasteiger charge is -2.10. The molecule has 22 heavy (non-hydrogen) atoms. The first kappa shape index (κ1) is 14.7. The van der Waals surface area contributed by atoms with Crippen LogP contribution in [0.2, 0.25) is 0 Å². The number of hydrogen-bond donors (Lipinski definition) is 1. The Kier molecular flexibility index (Phi) is 4.15. The second-order valence-corrected chi connectivity index (χ2v) is 6.15. The number of hydrogen-bond acceptors (Lipinski definition) is 4. The summed E-state index contributed by atoms with van der Waals surface area (Å²) in [5.74, 6) is -0.0505. The molecular formula is C17H15NO3S. The third kappa shape index (κ3) is 2.99. The number of aliphatic carboxylic acids is 1. The third-order valence-electron chi connectivity index (χ3n) is 3.47. The van der Waals surface area contributed by atoms with Crippen molar-refractivity contribution in [1.29, 1.82) is 0 Å². The van der Waals surface area contributed by atoms with Gasteiger partial charge in [-0.2, -0.15) is 0 Å². The molecule has 0 aromatic heterocycles. The maximum Gasteiger partial charge on any atom is 0.317 e. The van der Waals surface area contributed by atoms with E-state index >= 15 is 0 Å². The van der Waals surface area contributed by atoms with E-state index < -0.39 is 11.2 Å². The quantitative estimate of drug-likeness (QED) is 0.937. The second kappa shape index (κ2) is 6.23. The van der Waals surface area contributed by atoms with Gasteiger partial charge in [0.05, 0.1) is 18.5 Å². The third-order valence-corrected chi connectivity index (χ3v) is 4.72. The van der Waals surface area contributed by atoms with Gasteiger partial charge in [-0.1, -0.05) is 12.1 Å². The number of para-hydroxylation sites is 1. The van der Waals surface area contributed by atoms with Crippen LogP contribution in [0.4, 0.5) is 5.69 Å². The monoisotopic (exact) mass is 313 g/mol. The zero-order chi connectivity index (χ0) is 15.5. The number of fused-ring (bicyclic) bond motifs is 1. The summed E-state index contributed by atoms with van der Waals surface area (Å²) in [6, 6.07) is 15.2. The first-order valence-electron chi connectivity index (χ1n) is 6.88. The van der Waals surface area contributed by atoms with E-state index in [1.54, 1.807) is 7.11 Å². The molecule has 1 aliphatic rings. The van der Waals surface area contributed by atoms with Crippen LogP contribution in [0, 0.1) is 0 Å². The zero-order valence-electron chi connectivity index (χ0n) is 12.0. The molecular weight excluding hydrogens is 298 g/mol. The van der Waals surface area contributed by atoms with Crippen molar-refractivity contribution >= 4 is 29.1 Å². The van der Waals surface area contributed by atoms with Gasteiger partial charge in [0.1, 0.15) is 11.0 Å². The number of nitrogens with zero attached hydrogens (tertiary/aromatic N) is 1. The predicted octanol–water partition coefficient (Wildman–Crippen LogP) is 3.77. The highest BCUT2D eigenvalue weighted by atomic mass is 32.2. The van der Waals surface area contributed by atoms with Gasteiger partial charge in [-0.25, -0.2) is 0 Å². The smallest absolute Gasteiger partial charge is 0.317 e. The maximum absolute atomic E-state index is 11.5. The minimum absolute atomic E-state index is 0.390. The van der Waals surface area contributed by atoms with Crippen LogP contribution in [-0.4, -0.2) is 29.1 Å². The van der Waals surface area contributed by atoms with Crippen LogP contribution >= 0.6 is 11.8 Å². The minimum Gasteiger partial charge on any atom is -0.497 e. The largest absolute Gasteiger partial charge is 0.497 e. The van der Waals surface area contributed by atoms with Crippen molar-refractivity contribution in [1.82, 2.24) is 0 Å². The Morgan fingerprint density at radius 2 is 1.95 bits per heavy atom. The lowest BCUT2D eigenvalue weighted by Crippen LogP contribution is -2.20. The van der Waals surface area contributed by atoms with Gasteiger partial charge in [0.2, 0.25) is 0 Å². The number of rotatable bonds is 3. The van der Waals surface area contributed by atoms with E-state index in [2.05, 4.69) is 4.99 Å². The number of thioether (sulfide) groups is 1. The predicted molar refractivity (Wildman–Crippen MR) is 87.5 cm³/mol. The standard InChI is InChI=1S/C17H15NO3S/c1-21-12-8-6-11(7-9-12)14-10-16(17(19)20)22-15-5-3-2-4-13(15)18-14/h2-9,16H,10H2,1H3,(H,19,20)/t16-/m1/s1. The van der Waals surface area contributed by atoms with Gasteiger partial charge in [0.25, 0.3) is 0 Å². The van der Waals surface area contributed by atoms with Gasteiger partial charge < -0.3 is 9.84 Å². The summed E-state index contributed by atoms with van der Waals surface area (Å²) in [4.78, 5) is 17.1. The molecule has 2 aromatic carbocycles. The number of benzene rings is 2. The molecule has 3 rings (SSSR count). The first-order valence-corrected chi connectivity index (χ1v) is 7.76. The van der Waals surface area contributed by atoms with Crippen molar-refractivity contribution in [2.45, 2.75) is 16.6 Å². The van der Waals surface area contributed by atoms with Gasteiger partial charge in [-0.05, 0) is 42.0 Å². The van der Waals surface area contributed by atoms with E-state index in [1.165, 1.54) is 11.8 Å². The normalized spacial score (nSPS) is 17.1. The van der Waals surface area contributed by atoms with Crippen molar-refractivity contribution in [3.8, 4) is 5.75 Å². The second-order valence-electron chi connectivity index (χ2n) is 4.90. The highest BCUT2D eigenvalue weighted by molar-refractivity contribution is 8.00. The summed E-state index contributed by atoms with van der Waals surface area (Å²) >= 11 is 1.35. The van der Waals surface area contributed by atoms with Crippen molar-refractivity contribution in [3.05, 3.63) is 54.1 Å². The van der Waals surface area contributed by atoms with Crippen LogP contribution in [0.5, 0.6) is 5.75 Å². The highest BCUT2D eigenvalue weighted by Gasteiger charge is 2.26. The van der Waals surface area contributed by atoms with E-state index in [4.69, 9.17) is 4.74 Å². The van der Waals surface area contributed by atoms with Crippen molar-refractivity contribution in [3.63, 3.8) is 0 Å². The van der Waals surface area contributed by atoms with E-state index in [9.17, 15) is 9.90 Å². The molecule has 1 heterocycles. The summed E-state index contributed by atoms with van der Waals surface area (Å²) in [5.41, 5.74) is 2.53. The van der Waals surface area contributed by atoms with Gasteiger partial charge in [0.15, 0.2) is 0 Å². The Bertz CT molecular complexity index is 725. The number of ether oxygens (including phenoxy) is 1. The summed E-state index contributed by atoms with van der Waals surface area (Å²) in [6.07, 6.45) is 0.390. The van der Waals surface area contributed by atoms with E-state index in [1.807, 2.05) is 48.5 Å². The number of carbonyl (C=O) groups is 1. The molecule has 0 saturated carbocycles. The molecule has 0 aliphatic carbocycles. The van der Waals surface area contributed by atoms with Gasteiger partial charge in [-0.3, -0.25) is 9.79 Å². The highest BCUT2D eigenvalue weighted by Crippen LogP contribution is 2.38. The molecule has 4 nitrogen and oxygen atoms in total. The molecule has 1 atom stereocenters. The Balaban J connectivity index is 2.04. The maximum atomic E-state index is 11.5. The van der Waals surface area contributed by atoms with Crippen LogP contribution in [0.1, 0.15) is 12.0 Å². The molecule has 0 saturated heterocycles. The van der Waals surface area contributed by atoms with Gasteiger partial charge >= 0.3 is 5.97 Å². The van der Waals surface area contributed by atoms with Gasteiger partial charge in [-0.15, -0.1) is 11.8 Å². The van der Waals surface area contributed by atoms with Gasteiger partial charge in [0, 0.05) is 11.3 Å². The minimum atomic E-state index is -0.817. The fourth-order valence-corrected chi connectivity index (χ4v) is 3.35. The topological polar surface area (TPSA) is 58.9 Å². The molecule has 2 aromatic rings. The molecule has 0 radical (unpaired) electrons. The Morgan fingerprint density at radius 1 is 1.23 bits per heavy atom. The van der Waals surface area contributed by atoms with Crippen molar-refractivity contribution in [2.24, 2.45) is 4.99 Å². The molecule has 0 fully saturated rings. The SMILES string of the molecule is COc1ccc(C2=Nc3ccccc3S[C@@H](C(=O)O)C2)cc1. The molecule has 5 heteroatoms. The summed E-state index contributed by atoms with van der Waals surface area (Å²) in [6.45, 7) is 0. The zero-order valence-corrected chi connectivity index (χ0v) is 12.8. The molecule has 0 spiro atoms. The number of aliphatic imine (C=N–C) groups is 1.